The summed E-state index contributed by atoms with van der Waals surface area (Å²) in [6.07, 6.45) is -5.65. The van der Waals surface area contributed by atoms with E-state index in [1.54, 1.807) is 31.2 Å². The Morgan fingerprint density at radius 3 is 2.13 bits per heavy atom. The van der Waals surface area contributed by atoms with Crippen LogP contribution in [0.1, 0.15) is 52.2 Å². The van der Waals surface area contributed by atoms with Crippen LogP contribution in [-0.4, -0.2) is 29.7 Å². The van der Waals surface area contributed by atoms with Crippen molar-refractivity contribution in [1.29, 1.82) is 0 Å². The minimum Gasteiger partial charge on any atom is -0.481 e. The highest BCUT2D eigenvalue weighted by molar-refractivity contribution is 5.94. The number of carbonyl (C=O) groups is 2. The van der Waals surface area contributed by atoms with Gasteiger partial charge in [-0.05, 0) is 82.3 Å². The van der Waals surface area contributed by atoms with E-state index in [-0.39, 0.29) is 25.2 Å². The van der Waals surface area contributed by atoms with Gasteiger partial charge in [-0.15, -0.1) is 0 Å². The van der Waals surface area contributed by atoms with Crippen LogP contribution in [0.25, 0.3) is 21.9 Å². The van der Waals surface area contributed by atoms with Crippen molar-refractivity contribution in [3.8, 4) is 11.1 Å². The number of hydrogen-bond acceptors (Lipinski definition) is 2. The van der Waals surface area contributed by atoms with Gasteiger partial charge < -0.3 is 10.4 Å². The Labute approximate surface area is 223 Å². The normalized spacial score (nSPS) is 12.3. The molecule has 0 fully saturated rings. The Balaban J connectivity index is 1.61. The molecule has 0 aliphatic heterocycles. The predicted molar refractivity (Wildman–Crippen MR) is 142 cm³/mol. The smallest absolute Gasteiger partial charge is 0.389 e. The summed E-state index contributed by atoms with van der Waals surface area (Å²) in [4.78, 5) is 22.9. The van der Waals surface area contributed by atoms with Crippen LogP contribution in [0, 0.1) is 12.7 Å². The van der Waals surface area contributed by atoms with Gasteiger partial charge in [-0.25, -0.2) is 4.39 Å². The van der Waals surface area contributed by atoms with Gasteiger partial charge in [0.15, 0.2) is 0 Å². The highest BCUT2D eigenvalue weighted by Gasteiger charge is 2.29. The molecule has 0 bridgehead atoms. The van der Waals surface area contributed by atoms with Crippen LogP contribution >= 0.6 is 0 Å². The van der Waals surface area contributed by atoms with Crippen molar-refractivity contribution in [2.45, 2.75) is 38.3 Å². The van der Waals surface area contributed by atoms with E-state index in [0.29, 0.717) is 16.7 Å². The second-order valence-electron chi connectivity index (χ2n) is 9.51. The van der Waals surface area contributed by atoms with Crippen molar-refractivity contribution in [3.63, 3.8) is 0 Å². The number of benzene rings is 4. The number of carboxylic acids is 1. The summed E-state index contributed by atoms with van der Waals surface area (Å²) >= 11 is 0. The van der Waals surface area contributed by atoms with Crippen LogP contribution < -0.4 is 5.32 Å². The van der Waals surface area contributed by atoms with Crippen molar-refractivity contribution >= 4 is 22.6 Å². The lowest BCUT2D eigenvalue weighted by Gasteiger charge is -2.20. The molecule has 4 aromatic carbocycles. The monoisotopic (exact) mass is 537 g/mol. The Kier molecular flexibility index (Phi) is 8.33. The number of alkyl halides is 3. The van der Waals surface area contributed by atoms with Crippen molar-refractivity contribution < 1.29 is 32.3 Å². The van der Waals surface area contributed by atoms with Crippen LogP contribution in [0.3, 0.4) is 0 Å². The van der Waals surface area contributed by atoms with E-state index in [9.17, 15) is 27.2 Å². The molecule has 4 rings (SSSR count). The number of halogens is 4. The van der Waals surface area contributed by atoms with Gasteiger partial charge in [0.05, 0.1) is 6.42 Å². The molecule has 1 unspecified atom stereocenters. The quantitative estimate of drug-likeness (QED) is 0.216. The largest absolute Gasteiger partial charge is 0.481 e. The number of aryl methyl sites for hydroxylation is 1. The van der Waals surface area contributed by atoms with Gasteiger partial charge >= 0.3 is 12.1 Å². The van der Waals surface area contributed by atoms with E-state index in [1.165, 1.54) is 18.2 Å². The fraction of sp³-hybridized carbons (Fsp3) is 0.226. The molecule has 0 saturated heterocycles. The van der Waals surface area contributed by atoms with Gasteiger partial charge in [0.2, 0.25) is 0 Å². The minimum absolute atomic E-state index is 0.0241. The van der Waals surface area contributed by atoms with Gasteiger partial charge in [0.1, 0.15) is 5.82 Å². The average Bonchev–Trinajstić information content (AvgIpc) is 2.89. The summed E-state index contributed by atoms with van der Waals surface area (Å²) in [5.41, 5.74) is 3.97. The Hall–Kier alpha value is -4.20. The SMILES string of the molecule is Cc1cc(-c2ccc3cc(C(CCC(F)(F)F)c4ccc(C(=O)NCCC(=O)O)cc4)ccc3c2)ccc1F. The zero-order valence-corrected chi connectivity index (χ0v) is 21.2. The standard InChI is InChI=1S/C31H27F4NO3/c1-19-16-22(10-11-28(19)32)23-6-7-25-18-26(9-8-24(25)17-23)27(12-14-31(33,34)35)20-2-4-21(5-3-20)30(39)36-15-13-29(37)38/h2-11,16-18,27H,12-15H2,1H3,(H,36,39)(H,37,38). The van der Waals surface area contributed by atoms with E-state index in [0.717, 1.165) is 27.5 Å². The lowest BCUT2D eigenvalue weighted by molar-refractivity contribution is -0.137. The third-order valence-electron chi connectivity index (χ3n) is 6.67. The highest BCUT2D eigenvalue weighted by atomic mass is 19.4. The first-order chi connectivity index (χ1) is 18.5. The number of carboxylic acid groups (broad SMARTS) is 1. The molecule has 2 N–H and O–H groups in total. The summed E-state index contributed by atoms with van der Waals surface area (Å²) in [5, 5.41) is 13.0. The molecule has 0 heterocycles. The number of fused-ring (bicyclic) bond motifs is 1. The summed E-state index contributed by atoms with van der Waals surface area (Å²) in [6.45, 7) is 1.68. The second kappa shape index (κ2) is 11.7. The van der Waals surface area contributed by atoms with Crippen LogP contribution in [-0.2, 0) is 4.79 Å². The van der Waals surface area contributed by atoms with Gasteiger partial charge in [-0.1, -0.05) is 48.5 Å². The molecule has 0 radical (unpaired) electrons. The maximum Gasteiger partial charge on any atom is 0.389 e. The molecular formula is C31H27F4NO3. The molecule has 1 atom stereocenters. The summed E-state index contributed by atoms with van der Waals surface area (Å²) in [6, 6.07) is 22.6. The summed E-state index contributed by atoms with van der Waals surface area (Å²) in [7, 11) is 0. The third kappa shape index (κ3) is 7.22. The molecular weight excluding hydrogens is 510 g/mol. The van der Waals surface area contributed by atoms with E-state index < -0.39 is 30.4 Å². The zero-order valence-electron chi connectivity index (χ0n) is 21.2. The number of carbonyl (C=O) groups excluding carboxylic acids is 1. The van der Waals surface area contributed by atoms with Crippen molar-refractivity contribution in [3.05, 3.63) is 107 Å². The maximum absolute atomic E-state index is 13.7. The van der Waals surface area contributed by atoms with Crippen LogP contribution in [0.15, 0.2) is 78.9 Å². The summed E-state index contributed by atoms with van der Waals surface area (Å²) < 4.78 is 53.3. The van der Waals surface area contributed by atoms with Crippen LogP contribution in [0.4, 0.5) is 17.6 Å². The lowest BCUT2D eigenvalue weighted by Crippen LogP contribution is -2.25. The van der Waals surface area contributed by atoms with E-state index in [2.05, 4.69) is 5.32 Å². The third-order valence-corrected chi connectivity index (χ3v) is 6.67. The number of hydrogen-bond donors (Lipinski definition) is 2. The summed E-state index contributed by atoms with van der Waals surface area (Å²) in [5.74, 6) is -2.32. The number of aliphatic carboxylic acids is 1. The number of rotatable bonds is 9. The molecule has 4 aromatic rings. The first-order valence-corrected chi connectivity index (χ1v) is 12.5. The van der Waals surface area contributed by atoms with E-state index in [1.807, 2.05) is 36.4 Å². The topological polar surface area (TPSA) is 66.4 Å². The molecule has 8 heteroatoms. The van der Waals surface area contributed by atoms with Gasteiger partial charge in [-0.3, -0.25) is 9.59 Å². The molecule has 0 aromatic heterocycles. The molecule has 0 spiro atoms. The van der Waals surface area contributed by atoms with E-state index in [4.69, 9.17) is 5.11 Å². The average molecular weight is 538 g/mol. The second-order valence-corrected chi connectivity index (χ2v) is 9.51. The Morgan fingerprint density at radius 2 is 1.46 bits per heavy atom. The van der Waals surface area contributed by atoms with Gasteiger partial charge in [0.25, 0.3) is 5.91 Å². The first-order valence-electron chi connectivity index (χ1n) is 12.5. The van der Waals surface area contributed by atoms with Crippen molar-refractivity contribution in [2.75, 3.05) is 6.54 Å². The lowest BCUT2D eigenvalue weighted by atomic mass is 9.85. The highest BCUT2D eigenvalue weighted by Crippen LogP contribution is 2.36. The van der Waals surface area contributed by atoms with Gasteiger partial charge in [0, 0.05) is 24.4 Å². The molecule has 0 aliphatic rings. The molecule has 0 aliphatic carbocycles. The minimum atomic E-state index is -4.32. The number of nitrogens with one attached hydrogen (secondary N) is 1. The fourth-order valence-electron chi connectivity index (χ4n) is 4.57. The molecule has 4 nitrogen and oxygen atoms in total. The molecule has 202 valence electrons. The number of amides is 1. The van der Waals surface area contributed by atoms with Crippen molar-refractivity contribution in [1.82, 2.24) is 5.32 Å². The maximum atomic E-state index is 13.7. The van der Waals surface area contributed by atoms with Gasteiger partial charge in [-0.2, -0.15) is 13.2 Å². The molecule has 39 heavy (non-hydrogen) atoms. The molecule has 1 amide bonds. The zero-order chi connectivity index (χ0) is 28.2. The first kappa shape index (κ1) is 27.8. The Bertz CT molecular complexity index is 1500. The fourth-order valence-corrected chi connectivity index (χ4v) is 4.57. The van der Waals surface area contributed by atoms with Crippen molar-refractivity contribution in [2.24, 2.45) is 0 Å². The predicted octanol–water partition coefficient (Wildman–Crippen LogP) is 7.63. The van der Waals surface area contributed by atoms with Crippen LogP contribution in [0.2, 0.25) is 0 Å². The Morgan fingerprint density at radius 1 is 0.846 bits per heavy atom. The van der Waals surface area contributed by atoms with E-state index >= 15 is 0 Å². The molecule has 0 saturated carbocycles. The van der Waals surface area contributed by atoms with Crippen LogP contribution in [0.5, 0.6) is 0 Å².